The molecule has 0 aromatic carbocycles. The Kier molecular flexibility index (Phi) is 3.49. The van der Waals surface area contributed by atoms with Crippen molar-refractivity contribution in [3.63, 3.8) is 0 Å². The summed E-state index contributed by atoms with van der Waals surface area (Å²) in [6.45, 7) is 3.87. The van der Waals surface area contributed by atoms with Gasteiger partial charge in [0.25, 0.3) is 0 Å². The molecule has 0 atom stereocenters. The second kappa shape index (κ2) is 4.42. The van der Waals surface area contributed by atoms with Crippen molar-refractivity contribution in [1.82, 2.24) is 9.80 Å². The summed E-state index contributed by atoms with van der Waals surface area (Å²) in [5.74, 6) is 0.0744. The third-order valence-corrected chi connectivity index (χ3v) is 2.25. The molecule has 1 heterocycles. The van der Waals surface area contributed by atoms with Crippen LogP contribution in [0.3, 0.4) is 0 Å². The summed E-state index contributed by atoms with van der Waals surface area (Å²) in [5, 5.41) is 0. The number of carbonyl (C=O) groups excluding carboxylic acids is 1. The van der Waals surface area contributed by atoms with Gasteiger partial charge in [0.2, 0.25) is 5.91 Å². The van der Waals surface area contributed by atoms with Gasteiger partial charge in [-0.2, -0.15) is 0 Å². The van der Waals surface area contributed by atoms with E-state index >= 15 is 0 Å². The lowest BCUT2D eigenvalue weighted by molar-refractivity contribution is -0.129. The molecule has 1 aliphatic heterocycles. The molecule has 2 N–H and O–H groups in total. The molecule has 1 aliphatic rings. The van der Waals surface area contributed by atoms with Crippen LogP contribution in [0.5, 0.6) is 0 Å². The maximum atomic E-state index is 11.2. The monoisotopic (exact) mass is 171 g/mol. The average molecular weight is 171 g/mol. The largest absolute Gasteiger partial charge is 0.340 e. The Morgan fingerprint density at radius 2 is 2.08 bits per heavy atom. The van der Waals surface area contributed by atoms with Crippen molar-refractivity contribution in [3.05, 3.63) is 0 Å². The predicted octanol–water partition coefficient (Wildman–Crippen LogP) is -0.891. The Hall–Kier alpha value is -0.610. The summed E-state index contributed by atoms with van der Waals surface area (Å²) in [7, 11) is 2.08. The first-order valence-electron chi connectivity index (χ1n) is 4.40. The molecule has 1 fully saturated rings. The first-order valence-corrected chi connectivity index (χ1v) is 4.40. The zero-order valence-corrected chi connectivity index (χ0v) is 7.62. The van der Waals surface area contributed by atoms with Crippen LogP contribution in [0, 0.1) is 0 Å². The zero-order chi connectivity index (χ0) is 8.97. The highest BCUT2D eigenvalue weighted by Gasteiger charge is 2.15. The standard InChI is InChI=1S/C8H17N3O/c1-10-3-2-4-11(6-5-10)8(12)7-9/h2-7,9H2,1H3. The van der Waals surface area contributed by atoms with Gasteiger partial charge in [0, 0.05) is 19.6 Å². The second-order valence-electron chi connectivity index (χ2n) is 3.24. The highest BCUT2D eigenvalue weighted by molar-refractivity contribution is 5.78. The van der Waals surface area contributed by atoms with Crippen molar-refractivity contribution in [3.8, 4) is 0 Å². The molecule has 4 nitrogen and oxygen atoms in total. The summed E-state index contributed by atoms with van der Waals surface area (Å²) >= 11 is 0. The van der Waals surface area contributed by atoms with Crippen LogP contribution in [0.4, 0.5) is 0 Å². The van der Waals surface area contributed by atoms with Gasteiger partial charge in [-0.3, -0.25) is 4.79 Å². The number of nitrogens with two attached hydrogens (primary N) is 1. The molecule has 4 heteroatoms. The third-order valence-electron chi connectivity index (χ3n) is 2.25. The maximum absolute atomic E-state index is 11.2. The van der Waals surface area contributed by atoms with E-state index in [1.54, 1.807) is 0 Å². The second-order valence-corrected chi connectivity index (χ2v) is 3.24. The van der Waals surface area contributed by atoms with E-state index in [1.165, 1.54) is 0 Å². The molecular weight excluding hydrogens is 154 g/mol. The van der Waals surface area contributed by atoms with Gasteiger partial charge in [-0.25, -0.2) is 0 Å². The first-order chi connectivity index (χ1) is 5.74. The van der Waals surface area contributed by atoms with Crippen LogP contribution in [0.25, 0.3) is 0 Å². The van der Waals surface area contributed by atoms with Gasteiger partial charge in [-0.15, -0.1) is 0 Å². The number of likely N-dealkylation sites (N-methyl/N-ethyl adjacent to an activating group) is 1. The van der Waals surface area contributed by atoms with Crippen molar-refractivity contribution >= 4 is 5.91 Å². The number of nitrogens with zero attached hydrogens (tertiary/aromatic N) is 2. The van der Waals surface area contributed by atoms with Gasteiger partial charge in [-0.1, -0.05) is 0 Å². The molecule has 0 radical (unpaired) electrons. The minimum atomic E-state index is 0.0744. The molecule has 0 spiro atoms. The Morgan fingerprint density at radius 1 is 1.33 bits per heavy atom. The molecule has 1 saturated heterocycles. The highest BCUT2D eigenvalue weighted by atomic mass is 16.2. The quantitative estimate of drug-likeness (QED) is 0.557. The molecule has 0 saturated carbocycles. The van der Waals surface area contributed by atoms with Gasteiger partial charge in [0.15, 0.2) is 0 Å². The van der Waals surface area contributed by atoms with E-state index in [4.69, 9.17) is 5.73 Å². The van der Waals surface area contributed by atoms with Gasteiger partial charge in [-0.05, 0) is 20.0 Å². The molecular formula is C8H17N3O. The van der Waals surface area contributed by atoms with Gasteiger partial charge >= 0.3 is 0 Å². The minimum Gasteiger partial charge on any atom is -0.340 e. The average Bonchev–Trinajstić information content (AvgIpc) is 2.29. The van der Waals surface area contributed by atoms with Crippen LogP contribution in [-0.2, 0) is 4.79 Å². The van der Waals surface area contributed by atoms with E-state index < -0.39 is 0 Å². The Bertz CT molecular complexity index is 160. The predicted molar refractivity (Wildman–Crippen MR) is 47.7 cm³/mol. The number of hydrogen-bond acceptors (Lipinski definition) is 3. The molecule has 0 aromatic heterocycles. The lowest BCUT2D eigenvalue weighted by Crippen LogP contribution is -2.38. The third kappa shape index (κ3) is 2.46. The maximum Gasteiger partial charge on any atom is 0.236 e. The van der Waals surface area contributed by atoms with Crippen LogP contribution in [-0.4, -0.2) is 55.5 Å². The Morgan fingerprint density at radius 3 is 2.75 bits per heavy atom. The normalized spacial score (nSPS) is 20.7. The number of carbonyl (C=O) groups is 1. The summed E-state index contributed by atoms with van der Waals surface area (Å²) in [6, 6.07) is 0. The van der Waals surface area contributed by atoms with E-state index in [9.17, 15) is 4.79 Å². The summed E-state index contributed by atoms with van der Waals surface area (Å²) in [6.07, 6.45) is 1.06. The summed E-state index contributed by atoms with van der Waals surface area (Å²) in [4.78, 5) is 15.3. The van der Waals surface area contributed by atoms with Gasteiger partial charge < -0.3 is 15.5 Å². The molecule has 0 aromatic rings. The van der Waals surface area contributed by atoms with E-state index in [0.29, 0.717) is 0 Å². The Labute approximate surface area is 73.3 Å². The van der Waals surface area contributed by atoms with Crippen LogP contribution in [0.15, 0.2) is 0 Å². The smallest absolute Gasteiger partial charge is 0.236 e. The van der Waals surface area contributed by atoms with Crippen molar-refractivity contribution in [2.24, 2.45) is 5.73 Å². The van der Waals surface area contributed by atoms with Gasteiger partial charge in [0.05, 0.1) is 6.54 Å². The lowest BCUT2D eigenvalue weighted by atomic mass is 10.4. The fraction of sp³-hybridized carbons (Fsp3) is 0.875. The van der Waals surface area contributed by atoms with Gasteiger partial charge in [0.1, 0.15) is 0 Å². The van der Waals surface area contributed by atoms with E-state index in [2.05, 4.69) is 11.9 Å². The van der Waals surface area contributed by atoms with E-state index in [1.807, 2.05) is 4.90 Å². The van der Waals surface area contributed by atoms with Crippen molar-refractivity contribution < 1.29 is 4.79 Å². The lowest BCUT2D eigenvalue weighted by Gasteiger charge is -2.19. The fourth-order valence-electron chi connectivity index (χ4n) is 1.43. The van der Waals surface area contributed by atoms with Crippen LogP contribution < -0.4 is 5.73 Å². The van der Waals surface area contributed by atoms with E-state index in [-0.39, 0.29) is 12.5 Å². The highest BCUT2D eigenvalue weighted by Crippen LogP contribution is 2.00. The molecule has 70 valence electrons. The Balaban J connectivity index is 2.40. The van der Waals surface area contributed by atoms with Crippen molar-refractivity contribution in [1.29, 1.82) is 0 Å². The molecule has 1 amide bonds. The number of rotatable bonds is 1. The molecule has 0 bridgehead atoms. The van der Waals surface area contributed by atoms with Crippen LogP contribution >= 0.6 is 0 Å². The van der Waals surface area contributed by atoms with Crippen molar-refractivity contribution in [2.75, 3.05) is 39.8 Å². The topological polar surface area (TPSA) is 49.6 Å². The molecule has 0 unspecified atom stereocenters. The zero-order valence-electron chi connectivity index (χ0n) is 7.62. The molecule has 12 heavy (non-hydrogen) atoms. The first kappa shape index (κ1) is 9.48. The fourth-order valence-corrected chi connectivity index (χ4v) is 1.43. The SMILES string of the molecule is CN1CCCN(C(=O)CN)CC1. The molecule has 1 rings (SSSR count). The van der Waals surface area contributed by atoms with Crippen molar-refractivity contribution in [2.45, 2.75) is 6.42 Å². The number of hydrogen-bond donors (Lipinski definition) is 1. The number of amides is 1. The summed E-state index contributed by atoms with van der Waals surface area (Å²) < 4.78 is 0. The van der Waals surface area contributed by atoms with Crippen LogP contribution in [0.2, 0.25) is 0 Å². The summed E-state index contributed by atoms with van der Waals surface area (Å²) in [5.41, 5.74) is 5.28. The van der Waals surface area contributed by atoms with Crippen LogP contribution in [0.1, 0.15) is 6.42 Å². The minimum absolute atomic E-state index is 0.0744. The van der Waals surface area contributed by atoms with E-state index in [0.717, 1.165) is 32.6 Å². The molecule has 0 aliphatic carbocycles.